The minimum Gasteiger partial charge on any atom is -0.496 e. The van der Waals surface area contributed by atoms with Gasteiger partial charge >= 0.3 is 5.97 Å². The number of nitrogens with one attached hydrogen (secondary N) is 1. The van der Waals surface area contributed by atoms with Gasteiger partial charge in [-0.1, -0.05) is 6.07 Å². The number of hydrogen-bond donors (Lipinski definition) is 1. The fourth-order valence-corrected chi connectivity index (χ4v) is 1.53. The molecule has 1 aromatic heterocycles. The zero-order chi connectivity index (χ0) is 10.8. The molecule has 0 saturated carbocycles. The van der Waals surface area contributed by atoms with E-state index in [9.17, 15) is 4.79 Å². The molecule has 4 nitrogen and oxygen atoms in total. The topological polar surface area (TPSA) is 51.3 Å². The minimum absolute atomic E-state index is 0.346. The van der Waals surface area contributed by atoms with Gasteiger partial charge in [0.1, 0.15) is 5.75 Å². The normalized spacial score (nSPS) is 10.3. The van der Waals surface area contributed by atoms with Gasteiger partial charge in [0, 0.05) is 13.1 Å². The van der Waals surface area contributed by atoms with Gasteiger partial charge in [-0.05, 0) is 12.1 Å². The average molecular weight is 205 g/mol. The molecule has 1 aromatic carbocycles. The number of H-pyrrole nitrogens is 1. The number of methoxy groups -OCH3 is 1. The summed E-state index contributed by atoms with van der Waals surface area (Å²) >= 11 is 0. The monoisotopic (exact) mass is 205 g/mol. The van der Waals surface area contributed by atoms with Crippen molar-refractivity contribution in [3.05, 3.63) is 24.4 Å². The number of esters is 1. The molecule has 0 unspecified atom stereocenters. The Morgan fingerprint density at radius 3 is 2.80 bits per heavy atom. The summed E-state index contributed by atoms with van der Waals surface area (Å²) < 4.78 is 10.3. The Bertz CT molecular complexity index is 502. The lowest BCUT2D eigenvalue weighted by atomic mass is 10.2. The molecule has 78 valence electrons. The van der Waals surface area contributed by atoms with Crippen LogP contribution >= 0.6 is 0 Å². The van der Waals surface area contributed by atoms with Crippen molar-refractivity contribution >= 4 is 16.9 Å². The second-order valence-electron chi connectivity index (χ2n) is 3.13. The van der Waals surface area contributed by atoms with E-state index in [1.165, 1.54) is 6.92 Å². The predicted molar refractivity (Wildman–Crippen MR) is 56.2 cm³/mol. The van der Waals surface area contributed by atoms with Crippen LogP contribution < -0.4 is 9.47 Å². The Kier molecular flexibility index (Phi) is 2.33. The van der Waals surface area contributed by atoms with Gasteiger partial charge in [-0.2, -0.15) is 0 Å². The van der Waals surface area contributed by atoms with Crippen LogP contribution in [0.2, 0.25) is 0 Å². The summed E-state index contributed by atoms with van der Waals surface area (Å²) in [5.74, 6) is 0.835. The van der Waals surface area contributed by atoms with E-state index in [0.717, 1.165) is 10.9 Å². The van der Waals surface area contributed by atoms with Crippen molar-refractivity contribution in [2.24, 2.45) is 0 Å². The highest BCUT2D eigenvalue weighted by atomic mass is 16.5. The summed E-state index contributed by atoms with van der Waals surface area (Å²) in [6.07, 6.45) is 1.65. The van der Waals surface area contributed by atoms with E-state index < -0.39 is 0 Å². The van der Waals surface area contributed by atoms with Crippen LogP contribution in [-0.4, -0.2) is 18.1 Å². The second kappa shape index (κ2) is 3.65. The van der Waals surface area contributed by atoms with Gasteiger partial charge < -0.3 is 14.5 Å². The standard InChI is InChI=1S/C11H11NO3/c1-7(13)15-10-6-12-8-4-3-5-9(14-2)11(8)10/h3-6,12H,1-2H3. The summed E-state index contributed by atoms with van der Waals surface area (Å²) in [5.41, 5.74) is 0.880. The van der Waals surface area contributed by atoms with Crippen LogP contribution in [0.4, 0.5) is 0 Å². The first-order valence-electron chi connectivity index (χ1n) is 4.55. The van der Waals surface area contributed by atoms with E-state index in [2.05, 4.69) is 4.98 Å². The molecule has 0 radical (unpaired) electrons. The van der Waals surface area contributed by atoms with E-state index in [-0.39, 0.29) is 5.97 Å². The van der Waals surface area contributed by atoms with E-state index in [4.69, 9.17) is 9.47 Å². The third kappa shape index (κ3) is 1.66. The van der Waals surface area contributed by atoms with Crippen LogP contribution in [0, 0.1) is 0 Å². The van der Waals surface area contributed by atoms with Crippen molar-refractivity contribution in [2.75, 3.05) is 7.11 Å². The lowest BCUT2D eigenvalue weighted by molar-refractivity contribution is -0.131. The maximum Gasteiger partial charge on any atom is 0.308 e. The second-order valence-corrected chi connectivity index (χ2v) is 3.13. The summed E-state index contributed by atoms with van der Waals surface area (Å²) in [4.78, 5) is 13.9. The van der Waals surface area contributed by atoms with Crippen molar-refractivity contribution in [1.82, 2.24) is 4.98 Å². The summed E-state index contributed by atoms with van der Waals surface area (Å²) in [7, 11) is 1.58. The smallest absolute Gasteiger partial charge is 0.308 e. The van der Waals surface area contributed by atoms with E-state index in [0.29, 0.717) is 11.5 Å². The van der Waals surface area contributed by atoms with Crippen LogP contribution in [0.25, 0.3) is 10.9 Å². The number of rotatable bonds is 2. The summed E-state index contributed by atoms with van der Waals surface area (Å²) in [6.45, 7) is 1.37. The number of carbonyl (C=O) groups is 1. The minimum atomic E-state index is -0.346. The number of aromatic amines is 1. The number of aromatic nitrogens is 1. The van der Waals surface area contributed by atoms with Crippen molar-refractivity contribution in [1.29, 1.82) is 0 Å². The highest BCUT2D eigenvalue weighted by Gasteiger charge is 2.11. The molecule has 1 heterocycles. The zero-order valence-corrected chi connectivity index (χ0v) is 8.53. The highest BCUT2D eigenvalue weighted by molar-refractivity contribution is 5.93. The Hall–Kier alpha value is -1.97. The molecular weight excluding hydrogens is 194 g/mol. The molecule has 0 atom stereocenters. The largest absolute Gasteiger partial charge is 0.496 e. The third-order valence-electron chi connectivity index (χ3n) is 2.10. The van der Waals surface area contributed by atoms with Crippen molar-refractivity contribution in [3.8, 4) is 11.5 Å². The van der Waals surface area contributed by atoms with Crippen LogP contribution in [0.15, 0.2) is 24.4 Å². The van der Waals surface area contributed by atoms with E-state index in [1.54, 1.807) is 13.3 Å². The zero-order valence-electron chi connectivity index (χ0n) is 8.53. The number of fused-ring (bicyclic) bond motifs is 1. The molecule has 0 aliphatic carbocycles. The van der Waals surface area contributed by atoms with Gasteiger partial charge in [0.2, 0.25) is 0 Å². The Morgan fingerprint density at radius 1 is 1.33 bits per heavy atom. The summed E-state index contributed by atoms with van der Waals surface area (Å²) in [6, 6.07) is 5.59. The first-order chi connectivity index (χ1) is 7.22. The third-order valence-corrected chi connectivity index (χ3v) is 2.10. The number of ether oxygens (including phenoxy) is 2. The van der Waals surface area contributed by atoms with E-state index >= 15 is 0 Å². The Labute approximate surface area is 86.8 Å². The lowest BCUT2D eigenvalue weighted by Gasteiger charge is -2.03. The van der Waals surface area contributed by atoms with Gasteiger partial charge in [0.05, 0.1) is 18.0 Å². The van der Waals surface area contributed by atoms with Gasteiger partial charge in [0.25, 0.3) is 0 Å². The number of hydrogen-bond acceptors (Lipinski definition) is 3. The van der Waals surface area contributed by atoms with Crippen LogP contribution in [0.5, 0.6) is 11.5 Å². The highest BCUT2D eigenvalue weighted by Crippen LogP contribution is 2.33. The van der Waals surface area contributed by atoms with E-state index in [1.807, 2.05) is 18.2 Å². The molecule has 2 rings (SSSR count). The number of carbonyl (C=O) groups excluding carboxylic acids is 1. The first kappa shape index (κ1) is 9.58. The maximum atomic E-state index is 10.9. The summed E-state index contributed by atoms with van der Waals surface area (Å²) in [5, 5.41) is 0.787. The lowest BCUT2D eigenvalue weighted by Crippen LogP contribution is -2.00. The molecule has 0 aliphatic rings. The van der Waals surface area contributed by atoms with Gasteiger partial charge in [0.15, 0.2) is 5.75 Å². The van der Waals surface area contributed by atoms with Gasteiger partial charge in [-0.25, -0.2) is 0 Å². The molecule has 0 amide bonds. The first-order valence-corrected chi connectivity index (χ1v) is 4.55. The fraction of sp³-hybridized carbons (Fsp3) is 0.182. The van der Waals surface area contributed by atoms with Crippen LogP contribution in [0.1, 0.15) is 6.92 Å². The predicted octanol–water partition coefficient (Wildman–Crippen LogP) is 2.10. The van der Waals surface area contributed by atoms with Crippen molar-refractivity contribution < 1.29 is 14.3 Å². The molecule has 0 fully saturated rings. The Balaban J connectivity index is 2.60. The number of benzene rings is 1. The molecule has 1 N–H and O–H groups in total. The molecule has 0 saturated heterocycles. The van der Waals surface area contributed by atoms with Gasteiger partial charge in [-0.15, -0.1) is 0 Å². The molecule has 0 bridgehead atoms. The van der Waals surface area contributed by atoms with Crippen LogP contribution in [0.3, 0.4) is 0 Å². The van der Waals surface area contributed by atoms with Crippen molar-refractivity contribution in [3.63, 3.8) is 0 Å². The molecule has 15 heavy (non-hydrogen) atoms. The quantitative estimate of drug-likeness (QED) is 0.764. The molecule has 4 heteroatoms. The fourth-order valence-electron chi connectivity index (χ4n) is 1.53. The average Bonchev–Trinajstić information content (AvgIpc) is 2.61. The van der Waals surface area contributed by atoms with Crippen LogP contribution in [-0.2, 0) is 4.79 Å². The molecule has 0 aliphatic heterocycles. The van der Waals surface area contributed by atoms with Gasteiger partial charge in [-0.3, -0.25) is 4.79 Å². The van der Waals surface area contributed by atoms with Crippen molar-refractivity contribution in [2.45, 2.75) is 6.92 Å². The molecule has 0 spiro atoms. The molecule has 2 aromatic rings. The SMILES string of the molecule is COc1cccc2[nH]cc(OC(C)=O)c12. The maximum absolute atomic E-state index is 10.9. The Morgan fingerprint density at radius 2 is 2.13 bits per heavy atom. The molecular formula is C11H11NO3.